The topological polar surface area (TPSA) is 67.2 Å². The Kier molecular flexibility index (Phi) is 3.85. The normalized spacial score (nSPS) is 16.7. The number of carbonyl (C=O) groups excluding carboxylic acids is 2. The third-order valence-corrected chi connectivity index (χ3v) is 3.91. The van der Waals surface area contributed by atoms with Gasteiger partial charge in [-0.25, -0.2) is 4.39 Å². The number of aryl methyl sites for hydroxylation is 1. The monoisotopic (exact) mass is 316 g/mol. The summed E-state index contributed by atoms with van der Waals surface area (Å²) in [5.74, 6) is -1.49. The van der Waals surface area contributed by atoms with Crippen LogP contribution in [-0.4, -0.2) is 33.5 Å². The van der Waals surface area contributed by atoms with Gasteiger partial charge in [-0.2, -0.15) is 5.10 Å². The predicted octanol–water partition coefficient (Wildman–Crippen LogP) is 1.64. The maximum Gasteiger partial charge on any atom is 0.230 e. The first-order valence-corrected chi connectivity index (χ1v) is 7.26. The molecule has 0 saturated heterocycles. The highest BCUT2D eigenvalue weighted by Crippen LogP contribution is 2.34. The summed E-state index contributed by atoms with van der Waals surface area (Å²) in [7, 11) is 3.49. The zero-order valence-electron chi connectivity index (χ0n) is 12.9. The van der Waals surface area contributed by atoms with Crippen LogP contribution in [0.1, 0.15) is 23.5 Å². The molecule has 6 nitrogen and oxygen atoms in total. The van der Waals surface area contributed by atoms with Gasteiger partial charge >= 0.3 is 0 Å². The molecule has 1 unspecified atom stereocenters. The summed E-state index contributed by atoms with van der Waals surface area (Å²) in [6.07, 6.45) is 3.59. The van der Waals surface area contributed by atoms with Gasteiger partial charge in [0, 0.05) is 44.5 Å². The van der Waals surface area contributed by atoms with Gasteiger partial charge in [0.15, 0.2) is 0 Å². The number of anilines is 1. The molecule has 120 valence electrons. The van der Waals surface area contributed by atoms with Crippen molar-refractivity contribution in [1.29, 1.82) is 0 Å². The summed E-state index contributed by atoms with van der Waals surface area (Å²) in [5.41, 5.74) is 1.92. The highest BCUT2D eigenvalue weighted by atomic mass is 19.1. The van der Waals surface area contributed by atoms with Crippen LogP contribution in [0.3, 0.4) is 0 Å². The molecular formula is C16H17FN4O2. The van der Waals surface area contributed by atoms with Gasteiger partial charge in [-0.05, 0) is 17.7 Å². The Balaban J connectivity index is 1.83. The summed E-state index contributed by atoms with van der Waals surface area (Å²) in [6.45, 7) is 0.404. The van der Waals surface area contributed by atoms with Crippen molar-refractivity contribution < 1.29 is 14.0 Å². The molecule has 2 aromatic rings. The van der Waals surface area contributed by atoms with Crippen LogP contribution in [0, 0.1) is 5.82 Å². The number of nitrogens with one attached hydrogen (secondary N) is 1. The highest BCUT2D eigenvalue weighted by molar-refractivity contribution is 6.01. The van der Waals surface area contributed by atoms with Crippen LogP contribution in [0.4, 0.5) is 10.1 Å². The minimum Gasteiger partial charge on any atom is -0.341 e. The fraction of sp³-hybridized carbons (Fsp3) is 0.312. The number of nitrogens with zero attached hydrogens (tertiary/aromatic N) is 3. The van der Waals surface area contributed by atoms with Crippen LogP contribution in [0.5, 0.6) is 0 Å². The lowest BCUT2D eigenvalue weighted by Crippen LogP contribution is -2.36. The van der Waals surface area contributed by atoms with E-state index in [1.165, 1.54) is 12.1 Å². The fourth-order valence-electron chi connectivity index (χ4n) is 2.83. The van der Waals surface area contributed by atoms with Crippen molar-refractivity contribution in [3.8, 4) is 0 Å². The minimum atomic E-state index is -0.596. The number of carbonyl (C=O) groups is 2. The van der Waals surface area contributed by atoms with Gasteiger partial charge in [-0.3, -0.25) is 14.3 Å². The van der Waals surface area contributed by atoms with E-state index in [9.17, 15) is 14.0 Å². The lowest BCUT2D eigenvalue weighted by molar-refractivity contribution is -0.134. The Morgan fingerprint density at radius 3 is 3.00 bits per heavy atom. The molecule has 3 rings (SSSR count). The molecule has 0 saturated carbocycles. The molecular weight excluding hydrogens is 299 g/mol. The van der Waals surface area contributed by atoms with E-state index in [-0.39, 0.29) is 18.2 Å². The zero-order chi connectivity index (χ0) is 16.6. The van der Waals surface area contributed by atoms with Gasteiger partial charge in [-0.15, -0.1) is 0 Å². The second kappa shape index (κ2) is 5.83. The molecule has 7 heteroatoms. The fourth-order valence-corrected chi connectivity index (χ4v) is 2.83. The van der Waals surface area contributed by atoms with Crippen LogP contribution < -0.4 is 5.32 Å². The molecule has 1 aliphatic heterocycles. The summed E-state index contributed by atoms with van der Waals surface area (Å²) < 4.78 is 15.0. The number of rotatable bonds is 3. The van der Waals surface area contributed by atoms with Crippen molar-refractivity contribution in [3.05, 3.63) is 47.5 Å². The Morgan fingerprint density at radius 1 is 1.52 bits per heavy atom. The molecule has 0 spiro atoms. The van der Waals surface area contributed by atoms with Crippen molar-refractivity contribution in [2.45, 2.75) is 18.9 Å². The summed E-state index contributed by atoms with van der Waals surface area (Å²) in [4.78, 5) is 26.1. The lowest BCUT2D eigenvalue weighted by atomic mass is 9.89. The number of hydrogen-bond acceptors (Lipinski definition) is 3. The summed E-state index contributed by atoms with van der Waals surface area (Å²) in [6, 6.07) is 4.11. The first-order valence-electron chi connectivity index (χ1n) is 7.26. The van der Waals surface area contributed by atoms with E-state index in [0.29, 0.717) is 17.8 Å². The van der Waals surface area contributed by atoms with E-state index in [0.717, 1.165) is 5.56 Å². The molecule has 2 heterocycles. The number of likely N-dealkylation sites (N-methyl/N-ethyl adjacent to an activating group) is 1. The van der Waals surface area contributed by atoms with Gasteiger partial charge in [0.2, 0.25) is 11.8 Å². The van der Waals surface area contributed by atoms with Gasteiger partial charge in [-0.1, -0.05) is 6.07 Å². The molecule has 0 fully saturated rings. The minimum absolute atomic E-state index is 0.0643. The maximum absolute atomic E-state index is 13.3. The zero-order valence-corrected chi connectivity index (χ0v) is 12.9. The molecule has 0 bridgehead atoms. The van der Waals surface area contributed by atoms with Gasteiger partial charge in [0.05, 0.1) is 12.1 Å². The maximum atomic E-state index is 13.3. The average molecular weight is 316 g/mol. The number of benzene rings is 1. The second-order valence-electron chi connectivity index (χ2n) is 5.75. The molecule has 2 amide bonds. The molecule has 1 N–H and O–H groups in total. The molecule has 0 radical (unpaired) electrons. The van der Waals surface area contributed by atoms with Crippen molar-refractivity contribution >= 4 is 17.5 Å². The van der Waals surface area contributed by atoms with E-state index in [4.69, 9.17) is 0 Å². The highest BCUT2D eigenvalue weighted by Gasteiger charge is 2.32. The number of amides is 2. The van der Waals surface area contributed by atoms with Crippen LogP contribution in [0.25, 0.3) is 0 Å². The average Bonchev–Trinajstić information content (AvgIpc) is 2.90. The summed E-state index contributed by atoms with van der Waals surface area (Å²) in [5, 5.41) is 6.69. The molecule has 1 aromatic carbocycles. The number of fused-ring (bicyclic) bond motifs is 1. The van der Waals surface area contributed by atoms with Crippen LogP contribution in [-0.2, 0) is 23.2 Å². The first kappa shape index (κ1) is 15.2. The van der Waals surface area contributed by atoms with Gasteiger partial charge in [0.25, 0.3) is 0 Å². The molecule has 1 aliphatic rings. The van der Waals surface area contributed by atoms with E-state index >= 15 is 0 Å². The van der Waals surface area contributed by atoms with Crippen molar-refractivity contribution in [2.24, 2.45) is 7.05 Å². The van der Waals surface area contributed by atoms with E-state index < -0.39 is 11.7 Å². The van der Waals surface area contributed by atoms with Crippen LogP contribution in [0.15, 0.2) is 30.6 Å². The third-order valence-electron chi connectivity index (χ3n) is 3.91. The Morgan fingerprint density at radius 2 is 2.30 bits per heavy atom. The standard InChI is InChI=1S/C16H17FN4O2/c1-20(8-10-7-18-21(2)9-10)16(23)13-6-15(22)19-14-5-11(17)3-4-12(13)14/h3-5,7,9,13H,6,8H2,1-2H3,(H,19,22). The number of halogens is 1. The number of hydrogen-bond donors (Lipinski definition) is 1. The van der Waals surface area contributed by atoms with Crippen molar-refractivity contribution in [1.82, 2.24) is 14.7 Å². The van der Waals surface area contributed by atoms with Crippen LogP contribution >= 0.6 is 0 Å². The van der Waals surface area contributed by atoms with Crippen molar-refractivity contribution in [2.75, 3.05) is 12.4 Å². The van der Waals surface area contributed by atoms with E-state index in [2.05, 4.69) is 10.4 Å². The SMILES string of the molecule is CN(Cc1cnn(C)c1)C(=O)C1CC(=O)Nc2cc(F)ccc21. The van der Waals surface area contributed by atoms with Crippen LogP contribution in [0.2, 0.25) is 0 Å². The van der Waals surface area contributed by atoms with Gasteiger partial charge < -0.3 is 10.2 Å². The Bertz CT molecular complexity index is 771. The lowest BCUT2D eigenvalue weighted by Gasteiger charge is -2.28. The van der Waals surface area contributed by atoms with E-state index in [1.807, 2.05) is 13.2 Å². The first-order chi connectivity index (χ1) is 10.9. The van der Waals surface area contributed by atoms with E-state index in [1.54, 1.807) is 28.9 Å². The quantitative estimate of drug-likeness (QED) is 0.936. The second-order valence-corrected chi connectivity index (χ2v) is 5.75. The largest absolute Gasteiger partial charge is 0.341 e. The predicted molar refractivity (Wildman–Crippen MR) is 82.1 cm³/mol. The number of aromatic nitrogens is 2. The smallest absolute Gasteiger partial charge is 0.230 e. The Labute approximate surface area is 132 Å². The third kappa shape index (κ3) is 3.08. The van der Waals surface area contributed by atoms with Gasteiger partial charge in [0.1, 0.15) is 5.82 Å². The molecule has 1 aromatic heterocycles. The Hall–Kier alpha value is -2.70. The van der Waals surface area contributed by atoms with Crippen molar-refractivity contribution in [3.63, 3.8) is 0 Å². The molecule has 0 aliphatic carbocycles. The summed E-state index contributed by atoms with van der Waals surface area (Å²) >= 11 is 0. The molecule has 1 atom stereocenters. The molecule has 23 heavy (non-hydrogen) atoms.